The quantitative estimate of drug-likeness (QED) is 0.653. The Hall–Kier alpha value is -1.89. The summed E-state index contributed by atoms with van der Waals surface area (Å²) in [5.74, 6) is -0.564. The number of nitriles is 1. The van der Waals surface area contributed by atoms with Crippen LogP contribution >= 0.6 is 0 Å². The van der Waals surface area contributed by atoms with Crippen molar-refractivity contribution in [3.63, 3.8) is 0 Å². The number of nitrogens with zero attached hydrogens (tertiary/aromatic N) is 2. The van der Waals surface area contributed by atoms with Gasteiger partial charge in [-0.3, -0.25) is 4.98 Å². The summed E-state index contributed by atoms with van der Waals surface area (Å²) in [6, 6.07) is 5.19. The lowest BCUT2D eigenvalue weighted by Gasteiger charge is -2.18. The summed E-state index contributed by atoms with van der Waals surface area (Å²) in [5, 5.41) is 8.97. The van der Waals surface area contributed by atoms with Gasteiger partial charge in [-0.2, -0.15) is 5.26 Å². The first kappa shape index (κ1) is 10.2. The van der Waals surface area contributed by atoms with Gasteiger partial charge in [0.25, 0.3) is 0 Å². The van der Waals surface area contributed by atoms with E-state index in [4.69, 9.17) is 5.26 Å². The molecule has 1 rings (SSSR count). The standard InChI is InChI=1S/C10H10N2O2/c1-10(7-11,9(13)14-2)8-3-5-12-6-4-8/h3-6H,1-2H3. The molecule has 0 aliphatic heterocycles. The maximum absolute atomic E-state index is 11.4. The van der Waals surface area contributed by atoms with Crippen LogP contribution in [-0.2, 0) is 14.9 Å². The van der Waals surface area contributed by atoms with Gasteiger partial charge in [-0.25, -0.2) is 4.79 Å². The van der Waals surface area contributed by atoms with Gasteiger partial charge in [-0.15, -0.1) is 0 Å². The molecule has 4 nitrogen and oxygen atoms in total. The molecule has 1 atom stereocenters. The third kappa shape index (κ3) is 1.57. The number of carbonyl (C=O) groups is 1. The van der Waals surface area contributed by atoms with Crippen molar-refractivity contribution in [3.05, 3.63) is 30.1 Å². The molecule has 1 aromatic rings. The van der Waals surface area contributed by atoms with Gasteiger partial charge in [0, 0.05) is 12.4 Å². The fourth-order valence-electron chi connectivity index (χ4n) is 1.12. The maximum atomic E-state index is 11.4. The molecule has 0 saturated carbocycles. The smallest absolute Gasteiger partial charge is 0.330 e. The fourth-order valence-corrected chi connectivity index (χ4v) is 1.12. The highest BCUT2D eigenvalue weighted by atomic mass is 16.5. The Morgan fingerprint density at radius 2 is 2.14 bits per heavy atom. The number of aromatic nitrogens is 1. The number of rotatable bonds is 2. The third-order valence-corrected chi connectivity index (χ3v) is 2.07. The first-order valence-electron chi connectivity index (χ1n) is 4.05. The lowest BCUT2D eigenvalue weighted by atomic mass is 9.85. The van der Waals surface area contributed by atoms with Crippen molar-refractivity contribution in [2.75, 3.05) is 7.11 Å². The van der Waals surface area contributed by atoms with Crippen LogP contribution in [0, 0.1) is 11.3 Å². The molecule has 72 valence electrons. The highest BCUT2D eigenvalue weighted by Crippen LogP contribution is 2.23. The zero-order valence-corrected chi connectivity index (χ0v) is 8.02. The molecule has 4 heteroatoms. The molecule has 0 radical (unpaired) electrons. The van der Waals surface area contributed by atoms with E-state index in [1.165, 1.54) is 26.4 Å². The minimum absolute atomic E-state index is 0.564. The number of pyridine rings is 1. The Bertz CT molecular complexity index is 369. The number of methoxy groups -OCH3 is 1. The Morgan fingerprint density at radius 3 is 2.57 bits per heavy atom. The summed E-state index contributed by atoms with van der Waals surface area (Å²) < 4.78 is 4.58. The third-order valence-electron chi connectivity index (χ3n) is 2.07. The molecular formula is C10H10N2O2. The van der Waals surface area contributed by atoms with Crippen LogP contribution in [0.2, 0.25) is 0 Å². The Morgan fingerprint density at radius 1 is 1.57 bits per heavy atom. The molecule has 0 bridgehead atoms. The predicted octanol–water partition coefficient (Wildman–Crippen LogP) is 1.04. The van der Waals surface area contributed by atoms with Crippen molar-refractivity contribution >= 4 is 5.97 Å². The molecule has 0 aliphatic carbocycles. The molecular weight excluding hydrogens is 180 g/mol. The van der Waals surface area contributed by atoms with Crippen LogP contribution in [0.15, 0.2) is 24.5 Å². The van der Waals surface area contributed by atoms with Gasteiger partial charge in [0.05, 0.1) is 13.2 Å². The van der Waals surface area contributed by atoms with E-state index in [1.54, 1.807) is 12.1 Å². The van der Waals surface area contributed by atoms with E-state index in [0.29, 0.717) is 5.56 Å². The predicted molar refractivity (Wildman–Crippen MR) is 49.2 cm³/mol. The van der Waals surface area contributed by atoms with Crippen molar-refractivity contribution in [2.45, 2.75) is 12.3 Å². The Labute approximate surface area is 82.1 Å². The normalized spacial score (nSPS) is 13.8. The van der Waals surface area contributed by atoms with Crippen molar-refractivity contribution in [3.8, 4) is 6.07 Å². The molecule has 0 fully saturated rings. The molecule has 1 heterocycles. The van der Waals surface area contributed by atoms with Crippen LogP contribution in [0.5, 0.6) is 0 Å². The van der Waals surface area contributed by atoms with Gasteiger partial charge in [0.2, 0.25) is 0 Å². The molecule has 1 unspecified atom stereocenters. The average molecular weight is 190 g/mol. The first-order chi connectivity index (χ1) is 6.65. The van der Waals surface area contributed by atoms with Crippen LogP contribution in [0.25, 0.3) is 0 Å². The van der Waals surface area contributed by atoms with Gasteiger partial charge in [-0.1, -0.05) is 0 Å². The highest BCUT2D eigenvalue weighted by molar-refractivity contribution is 5.86. The maximum Gasteiger partial charge on any atom is 0.330 e. The molecule has 0 aromatic carbocycles. The number of hydrogen-bond acceptors (Lipinski definition) is 4. The monoisotopic (exact) mass is 190 g/mol. The number of carbonyl (C=O) groups excluding carboxylic acids is 1. The van der Waals surface area contributed by atoms with Crippen LogP contribution in [0.4, 0.5) is 0 Å². The van der Waals surface area contributed by atoms with Crippen LogP contribution < -0.4 is 0 Å². The minimum atomic E-state index is -1.25. The minimum Gasteiger partial charge on any atom is -0.468 e. The molecule has 0 saturated heterocycles. The van der Waals surface area contributed by atoms with E-state index < -0.39 is 11.4 Å². The SMILES string of the molecule is COC(=O)C(C)(C#N)c1ccncc1. The van der Waals surface area contributed by atoms with Gasteiger partial charge >= 0.3 is 5.97 Å². The first-order valence-corrected chi connectivity index (χ1v) is 4.05. The van der Waals surface area contributed by atoms with E-state index >= 15 is 0 Å². The Balaban J connectivity index is 3.17. The summed E-state index contributed by atoms with van der Waals surface area (Å²) in [5.41, 5.74) is -0.667. The largest absolute Gasteiger partial charge is 0.468 e. The zero-order valence-electron chi connectivity index (χ0n) is 8.02. The van der Waals surface area contributed by atoms with Gasteiger partial charge in [-0.05, 0) is 24.6 Å². The topological polar surface area (TPSA) is 63.0 Å². The van der Waals surface area contributed by atoms with Crippen LogP contribution in [0.1, 0.15) is 12.5 Å². The van der Waals surface area contributed by atoms with E-state index in [-0.39, 0.29) is 0 Å². The lowest BCUT2D eigenvalue weighted by molar-refractivity contribution is -0.144. The summed E-state index contributed by atoms with van der Waals surface area (Å²) >= 11 is 0. The second kappa shape index (κ2) is 3.88. The molecule has 0 aliphatic rings. The molecule has 0 amide bonds. The summed E-state index contributed by atoms with van der Waals surface area (Å²) in [4.78, 5) is 15.2. The second-order valence-electron chi connectivity index (χ2n) is 2.96. The van der Waals surface area contributed by atoms with Crippen molar-refractivity contribution in [1.29, 1.82) is 5.26 Å². The van der Waals surface area contributed by atoms with Crippen LogP contribution in [-0.4, -0.2) is 18.1 Å². The van der Waals surface area contributed by atoms with Crippen LogP contribution in [0.3, 0.4) is 0 Å². The fraction of sp³-hybridized carbons (Fsp3) is 0.300. The van der Waals surface area contributed by atoms with Crippen molar-refractivity contribution < 1.29 is 9.53 Å². The zero-order chi connectivity index (χ0) is 10.6. The highest BCUT2D eigenvalue weighted by Gasteiger charge is 2.36. The van der Waals surface area contributed by atoms with Gasteiger partial charge in [0.15, 0.2) is 5.41 Å². The number of hydrogen-bond donors (Lipinski definition) is 0. The summed E-state index contributed by atoms with van der Waals surface area (Å²) in [6.45, 7) is 1.52. The van der Waals surface area contributed by atoms with Crippen molar-refractivity contribution in [2.24, 2.45) is 0 Å². The lowest BCUT2D eigenvalue weighted by Crippen LogP contribution is -2.32. The average Bonchev–Trinajstić information content (AvgIpc) is 2.28. The van der Waals surface area contributed by atoms with E-state index in [9.17, 15) is 4.79 Å². The van der Waals surface area contributed by atoms with E-state index in [1.807, 2.05) is 6.07 Å². The van der Waals surface area contributed by atoms with Gasteiger partial charge in [0.1, 0.15) is 0 Å². The second-order valence-corrected chi connectivity index (χ2v) is 2.96. The number of ether oxygens (including phenoxy) is 1. The summed E-state index contributed by atoms with van der Waals surface area (Å²) in [6.07, 6.45) is 3.07. The molecule has 1 aromatic heterocycles. The van der Waals surface area contributed by atoms with E-state index in [0.717, 1.165) is 0 Å². The molecule has 14 heavy (non-hydrogen) atoms. The molecule has 0 spiro atoms. The molecule has 0 N–H and O–H groups in total. The van der Waals surface area contributed by atoms with E-state index in [2.05, 4.69) is 9.72 Å². The Kier molecular flexibility index (Phi) is 2.82. The summed E-state index contributed by atoms with van der Waals surface area (Å²) in [7, 11) is 1.26. The van der Waals surface area contributed by atoms with Crippen molar-refractivity contribution in [1.82, 2.24) is 4.98 Å². The number of esters is 1. The van der Waals surface area contributed by atoms with Gasteiger partial charge < -0.3 is 4.74 Å².